The zero-order chi connectivity index (χ0) is 60.3. The largest absolute Gasteiger partial charge is 0.479 e. The molecule has 6 atom stereocenters. The second-order valence-electron chi connectivity index (χ2n) is 24.5. The van der Waals surface area contributed by atoms with Gasteiger partial charge in [-0.15, -0.1) is 0 Å². The molecule has 0 aromatic heterocycles. The normalized spacial score (nSPS) is 17.6. The SMILES string of the molecule is CCCCCCCC/C=C\CCCCCCCCCCCC(=O)OCC(COC1OC(C(=O)O)C(O)C(O)C1OC(=O)CCCCCCCCCCCCCCCCC)OC(=O)CCCCCCCCCCC/C=C\CCCCCCCC. The fraction of sp³-hybridized carbons (Fsp3) is 0.887. The molecule has 1 aliphatic rings. The van der Waals surface area contributed by atoms with Gasteiger partial charge in [-0.25, -0.2) is 4.79 Å². The lowest BCUT2D eigenvalue weighted by molar-refractivity contribution is -0.301. The Morgan fingerprint density at radius 3 is 1.02 bits per heavy atom. The first-order valence-corrected chi connectivity index (χ1v) is 35.3. The molecule has 6 unspecified atom stereocenters. The highest BCUT2D eigenvalue weighted by Gasteiger charge is 2.50. The average molecular weight is 1180 g/mol. The van der Waals surface area contributed by atoms with Gasteiger partial charge >= 0.3 is 23.9 Å². The number of hydrogen-bond donors (Lipinski definition) is 3. The third-order valence-corrected chi connectivity index (χ3v) is 16.5. The van der Waals surface area contributed by atoms with Crippen molar-refractivity contribution >= 4 is 23.9 Å². The second kappa shape index (κ2) is 59.5. The minimum absolute atomic E-state index is 0.0675. The molecular weight excluding hydrogens is 1040 g/mol. The molecule has 0 saturated carbocycles. The van der Waals surface area contributed by atoms with E-state index in [1.807, 2.05) is 0 Å². The third kappa shape index (κ3) is 48.9. The van der Waals surface area contributed by atoms with E-state index in [0.717, 1.165) is 57.8 Å². The van der Waals surface area contributed by atoms with E-state index >= 15 is 0 Å². The second-order valence-corrected chi connectivity index (χ2v) is 24.5. The van der Waals surface area contributed by atoms with E-state index in [0.29, 0.717) is 19.3 Å². The smallest absolute Gasteiger partial charge is 0.335 e. The number of unbranched alkanes of at least 4 members (excludes halogenated alkanes) is 44. The number of carboxylic acid groups (broad SMARTS) is 1. The molecule has 1 fully saturated rings. The van der Waals surface area contributed by atoms with Crippen molar-refractivity contribution < 1.29 is 58.2 Å². The monoisotopic (exact) mass is 1170 g/mol. The number of carbonyl (C=O) groups excluding carboxylic acids is 3. The summed E-state index contributed by atoms with van der Waals surface area (Å²) < 4.78 is 28.6. The molecule has 0 radical (unpaired) electrons. The van der Waals surface area contributed by atoms with E-state index in [1.54, 1.807) is 0 Å². The molecule has 83 heavy (non-hydrogen) atoms. The first kappa shape index (κ1) is 78.2. The van der Waals surface area contributed by atoms with Crippen molar-refractivity contribution in [1.29, 1.82) is 0 Å². The van der Waals surface area contributed by atoms with Gasteiger partial charge in [-0.3, -0.25) is 14.4 Å². The molecule has 3 N–H and O–H groups in total. The van der Waals surface area contributed by atoms with Gasteiger partial charge in [0.2, 0.25) is 0 Å². The van der Waals surface area contributed by atoms with Crippen molar-refractivity contribution in [1.82, 2.24) is 0 Å². The average Bonchev–Trinajstić information content (AvgIpc) is 3.58. The lowest BCUT2D eigenvalue weighted by Crippen LogP contribution is -2.61. The first-order chi connectivity index (χ1) is 40.6. The van der Waals surface area contributed by atoms with Crippen LogP contribution in [-0.4, -0.2) is 89.2 Å². The van der Waals surface area contributed by atoms with Gasteiger partial charge in [0.15, 0.2) is 24.6 Å². The van der Waals surface area contributed by atoms with Gasteiger partial charge in [0.05, 0.1) is 6.61 Å². The Morgan fingerprint density at radius 2 is 0.687 bits per heavy atom. The Morgan fingerprint density at radius 1 is 0.386 bits per heavy atom. The molecular formula is C71H130O12. The first-order valence-electron chi connectivity index (χ1n) is 35.3. The molecule has 0 amide bonds. The van der Waals surface area contributed by atoms with Crippen LogP contribution in [0.15, 0.2) is 24.3 Å². The molecule has 0 aromatic carbocycles. The van der Waals surface area contributed by atoms with E-state index in [1.165, 1.54) is 238 Å². The van der Waals surface area contributed by atoms with Gasteiger partial charge in [-0.2, -0.15) is 0 Å². The zero-order valence-electron chi connectivity index (χ0n) is 54.0. The van der Waals surface area contributed by atoms with Gasteiger partial charge in [-0.1, -0.05) is 289 Å². The summed E-state index contributed by atoms with van der Waals surface area (Å²) in [6.07, 6.45) is 58.4. The van der Waals surface area contributed by atoms with Crippen LogP contribution in [0.2, 0.25) is 0 Å². The summed E-state index contributed by atoms with van der Waals surface area (Å²) in [5.74, 6) is -3.08. The Bertz CT molecular complexity index is 1530. The van der Waals surface area contributed by atoms with Gasteiger partial charge in [-0.05, 0) is 70.6 Å². The number of esters is 3. The number of carboxylic acids is 1. The minimum Gasteiger partial charge on any atom is -0.479 e. The summed E-state index contributed by atoms with van der Waals surface area (Å²) in [4.78, 5) is 51.5. The van der Waals surface area contributed by atoms with Crippen LogP contribution in [0.1, 0.15) is 355 Å². The molecule has 0 bridgehead atoms. The number of rotatable bonds is 62. The van der Waals surface area contributed by atoms with Crippen LogP contribution in [0.5, 0.6) is 0 Å². The van der Waals surface area contributed by atoms with Gasteiger partial charge < -0.3 is 39.0 Å². The van der Waals surface area contributed by atoms with Crippen molar-refractivity contribution in [3.63, 3.8) is 0 Å². The van der Waals surface area contributed by atoms with E-state index in [2.05, 4.69) is 45.1 Å². The summed E-state index contributed by atoms with van der Waals surface area (Å²) in [5.41, 5.74) is 0. The Labute approximate surface area is 508 Å². The highest BCUT2D eigenvalue weighted by atomic mass is 16.7. The van der Waals surface area contributed by atoms with Crippen molar-refractivity contribution in [2.24, 2.45) is 0 Å². The van der Waals surface area contributed by atoms with Crippen LogP contribution in [0.25, 0.3) is 0 Å². The van der Waals surface area contributed by atoms with Gasteiger partial charge in [0.1, 0.15) is 18.8 Å². The number of aliphatic hydroxyl groups excluding tert-OH is 2. The maximum absolute atomic E-state index is 13.2. The molecule has 486 valence electrons. The molecule has 12 heteroatoms. The van der Waals surface area contributed by atoms with Crippen molar-refractivity contribution in [2.45, 2.75) is 391 Å². The van der Waals surface area contributed by atoms with E-state index in [9.17, 15) is 34.5 Å². The fourth-order valence-corrected chi connectivity index (χ4v) is 11.1. The Kier molecular flexibility index (Phi) is 56.1. The number of ether oxygens (including phenoxy) is 5. The zero-order valence-corrected chi connectivity index (χ0v) is 54.0. The molecule has 1 heterocycles. The number of carbonyl (C=O) groups is 4. The third-order valence-electron chi connectivity index (χ3n) is 16.5. The van der Waals surface area contributed by atoms with E-state index in [4.69, 9.17) is 23.7 Å². The maximum atomic E-state index is 13.2. The van der Waals surface area contributed by atoms with Crippen LogP contribution in [0.3, 0.4) is 0 Å². The molecule has 12 nitrogen and oxygen atoms in total. The fourth-order valence-electron chi connectivity index (χ4n) is 11.1. The number of hydrogen-bond acceptors (Lipinski definition) is 11. The molecule has 0 aliphatic carbocycles. The quantitative estimate of drug-likeness (QED) is 0.0228. The molecule has 0 spiro atoms. The van der Waals surface area contributed by atoms with Crippen LogP contribution >= 0.6 is 0 Å². The summed E-state index contributed by atoms with van der Waals surface area (Å²) in [7, 11) is 0. The van der Waals surface area contributed by atoms with E-state index in [-0.39, 0.29) is 25.9 Å². The van der Waals surface area contributed by atoms with Crippen molar-refractivity contribution in [3.8, 4) is 0 Å². The highest BCUT2D eigenvalue weighted by Crippen LogP contribution is 2.27. The number of allylic oxidation sites excluding steroid dienone is 4. The Balaban J connectivity index is 2.62. The van der Waals surface area contributed by atoms with Crippen LogP contribution in [0.4, 0.5) is 0 Å². The van der Waals surface area contributed by atoms with Crippen LogP contribution in [-0.2, 0) is 42.9 Å². The summed E-state index contributed by atoms with van der Waals surface area (Å²) >= 11 is 0. The molecule has 1 aliphatic heterocycles. The van der Waals surface area contributed by atoms with Crippen molar-refractivity contribution in [2.75, 3.05) is 13.2 Å². The summed E-state index contributed by atoms with van der Waals surface area (Å²) in [5, 5.41) is 31.6. The molecule has 0 aromatic rings. The molecule has 1 saturated heterocycles. The van der Waals surface area contributed by atoms with Gasteiger partial charge in [0.25, 0.3) is 0 Å². The predicted molar refractivity (Wildman–Crippen MR) is 340 cm³/mol. The van der Waals surface area contributed by atoms with Crippen LogP contribution in [0, 0.1) is 0 Å². The molecule has 1 rings (SSSR count). The number of aliphatic carboxylic acids is 1. The van der Waals surface area contributed by atoms with Crippen molar-refractivity contribution in [3.05, 3.63) is 24.3 Å². The Hall–Kier alpha value is -2.80. The highest BCUT2D eigenvalue weighted by molar-refractivity contribution is 5.74. The number of aliphatic hydroxyl groups is 2. The standard InChI is InChI=1S/C71H130O12/c1-4-7-10-13-16-19-22-25-28-30-32-34-37-39-42-45-48-51-54-57-63(72)79-60-62(81-64(73)58-55-52-49-46-43-41-38-35-33-31-29-26-23-20-17-14-11-8-5-2)61-80-71-69(67(76)66(75)68(83-71)70(77)78)82-65(74)59-56-53-50-47-44-40-36-27-24-21-18-15-12-9-6-3/h25-26,28-29,62,66-69,71,75-76H,4-24,27,30-61H2,1-3H3,(H,77,78)/b28-25-,29-26-. The van der Waals surface area contributed by atoms with E-state index < -0.39 is 67.3 Å². The van der Waals surface area contributed by atoms with Gasteiger partial charge in [0, 0.05) is 19.3 Å². The van der Waals surface area contributed by atoms with Crippen LogP contribution < -0.4 is 0 Å². The lowest BCUT2D eigenvalue weighted by Gasteiger charge is -2.40. The minimum atomic E-state index is -1.90. The predicted octanol–water partition coefficient (Wildman–Crippen LogP) is 19.4. The maximum Gasteiger partial charge on any atom is 0.335 e. The summed E-state index contributed by atoms with van der Waals surface area (Å²) in [6.45, 7) is 6.06. The lowest BCUT2D eigenvalue weighted by atomic mass is 9.98. The summed E-state index contributed by atoms with van der Waals surface area (Å²) in [6, 6.07) is 0. The topological polar surface area (TPSA) is 175 Å².